The maximum absolute atomic E-state index is 12.7. The molecule has 21 heavy (non-hydrogen) atoms. The largest absolute Gasteiger partial charge is 0.508 e. The van der Waals surface area contributed by atoms with Crippen molar-refractivity contribution in [2.24, 2.45) is 0 Å². The fourth-order valence-corrected chi connectivity index (χ4v) is 2.34. The van der Waals surface area contributed by atoms with Crippen LogP contribution in [0.3, 0.4) is 0 Å². The molecule has 0 amide bonds. The van der Waals surface area contributed by atoms with Gasteiger partial charge in [0.05, 0.1) is 16.9 Å². The first-order valence-electron chi connectivity index (χ1n) is 6.46. The minimum Gasteiger partial charge on any atom is -0.508 e. The Balaban J connectivity index is 2.20. The number of halogens is 1. The van der Waals surface area contributed by atoms with Crippen molar-refractivity contribution in [2.45, 2.75) is 13.3 Å². The van der Waals surface area contributed by atoms with Crippen LogP contribution >= 0.6 is 11.6 Å². The maximum atomic E-state index is 12.7. The van der Waals surface area contributed by atoms with Gasteiger partial charge in [-0.15, -0.1) is 0 Å². The van der Waals surface area contributed by atoms with Crippen LogP contribution in [-0.4, -0.2) is 25.3 Å². The number of fused-ring (bicyclic) bond motifs is 1. The molecule has 0 saturated heterocycles. The van der Waals surface area contributed by atoms with Gasteiger partial charge in [0.1, 0.15) is 11.4 Å². The number of carbonyl (C=O) groups is 1. The van der Waals surface area contributed by atoms with E-state index < -0.39 is 0 Å². The number of ketones is 1. The quantitative estimate of drug-likeness (QED) is 0.755. The average Bonchev–Trinajstić information content (AvgIpc) is 2.85. The molecular weight excluding hydrogens is 290 g/mol. The van der Waals surface area contributed by atoms with E-state index in [9.17, 15) is 9.90 Å². The summed E-state index contributed by atoms with van der Waals surface area (Å²) in [5.74, 6) is 0.381. The second-order valence-corrected chi connectivity index (χ2v) is 5.02. The molecule has 0 aliphatic carbocycles. The number of rotatable bonds is 3. The van der Waals surface area contributed by atoms with Crippen molar-refractivity contribution in [1.29, 1.82) is 0 Å². The van der Waals surface area contributed by atoms with Gasteiger partial charge in [0, 0.05) is 11.8 Å². The Hall–Kier alpha value is -2.40. The molecule has 0 spiro atoms. The number of carbonyl (C=O) groups excluding carboxylic acids is 1. The van der Waals surface area contributed by atoms with E-state index in [1.807, 2.05) is 6.92 Å². The van der Waals surface area contributed by atoms with Crippen molar-refractivity contribution in [3.8, 4) is 5.75 Å². The molecular formula is C15H12ClN3O2. The fraction of sp³-hybridized carbons (Fsp3) is 0.133. The van der Waals surface area contributed by atoms with Gasteiger partial charge in [0.25, 0.3) is 0 Å². The summed E-state index contributed by atoms with van der Waals surface area (Å²) in [6.45, 7) is 1.93. The van der Waals surface area contributed by atoms with Crippen molar-refractivity contribution < 1.29 is 9.90 Å². The molecule has 0 atom stereocenters. The molecule has 0 saturated carbocycles. The predicted octanol–water partition coefficient (Wildman–Crippen LogP) is 2.88. The molecule has 2 heterocycles. The highest BCUT2D eigenvalue weighted by Gasteiger charge is 2.20. The van der Waals surface area contributed by atoms with E-state index in [2.05, 4.69) is 9.97 Å². The number of phenols is 1. The zero-order valence-electron chi connectivity index (χ0n) is 11.2. The summed E-state index contributed by atoms with van der Waals surface area (Å²) in [6, 6.07) is 6.11. The third-order valence-corrected chi connectivity index (χ3v) is 3.40. The zero-order chi connectivity index (χ0) is 15.0. The number of aryl methyl sites for hydroxylation is 1. The van der Waals surface area contributed by atoms with Gasteiger partial charge in [-0.1, -0.05) is 18.5 Å². The molecule has 3 aromatic rings. The number of nitrogens with zero attached hydrogens (tertiary/aromatic N) is 3. The Bertz CT molecular complexity index is 825. The number of hydrogen-bond donors (Lipinski definition) is 1. The summed E-state index contributed by atoms with van der Waals surface area (Å²) in [6.07, 6.45) is 3.74. The van der Waals surface area contributed by atoms with Crippen LogP contribution in [0.1, 0.15) is 28.7 Å². The molecule has 2 aromatic heterocycles. The van der Waals surface area contributed by atoms with E-state index in [1.54, 1.807) is 22.7 Å². The Morgan fingerprint density at radius 3 is 2.71 bits per heavy atom. The minimum atomic E-state index is -0.177. The molecule has 1 N–H and O–H groups in total. The van der Waals surface area contributed by atoms with Crippen molar-refractivity contribution in [2.75, 3.05) is 0 Å². The molecule has 3 rings (SSSR count). The average molecular weight is 302 g/mol. The summed E-state index contributed by atoms with van der Waals surface area (Å²) in [5, 5.41) is 9.75. The van der Waals surface area contributed by atoms with Crippen molar-refractivity contribution in [3.63, 3.8) is 0 Å². The van der Waals surface area contributed by atoms with Gasteiger partial charge >= 0.3 is 0 Å². The fourth-order valence-electron chi connectivity index (χ4n) is 2.19. The number of hydrogen-bond acceptors (Lipinski definition) is 4. The van der Waals surface area contributed by atoms with Crippen LogP contribution in [0, 0.1) is 0 Å². The smallest absolute Gasteiger partial charge is 0.234 e. The number of aromatic nitrogens is 3. The van der Waals surface area contributed by atoms with Crippen LogP contribution < -0.4 is 0 Å². The Morgan fingerprint density at radius 1 is 1.33 bits per heavy atom. The third-order valence-electron chi connectivity index (χ3n) is 3.20. The second-order valence-electron chi connectivity index (χ2n) is 4.58. The lowest BCUT2D eigenvalue weighted by Gasteiger charge is -2.04. The molecule has 0 radical (unpaired) electrons. The summed E-state index contributed by atoms with van der Waals surface area (Å²) in [7, 11) is 0. The summed E-state index contributed by atoms with van der Waals surface area (Å²) < 4.78 is 1.61. The number of aromatic hydroxyl groups is 1. The lowest BCUT2D eigenvalue weighted by molar-refractivity contribution is 0.103. The lowest BCUT2D eigenvalue weighted by Crippen LogP contribution is -2.08. The molecule has 0 fully saturated rings. The zero-order valence-corrected chi connectivity index (χ0v) is 12.0. The van der Waals surface area contributed by atoms with Crippen LogP contribution in [-0.2, 0) is 6.42 Å². The molecule has 0 aliphatic heterocycles. The Morgan fingerprint density at radius 2 is 2.05 bits per heavy atom. The van der Waals surface area contributed by atoms with Gasteiger partial charge in [0.2, 0.25) is 11.6 Å². The van der Waals surface area contributed by atoms with Crippen LogP contribution in [0.2, 0.25) is 5.02 Å². The highest BCUT2D eigenvalue weighted by Crippen LogP contribution is 2.20. The van der Waals surface area contributed by atoms with Gasteiger partial charge < -0.3 is 5.11 Å². The number of imidazole rings is 1. The molecule has 1 aromatic carbocycles. The summed E-state index contributed by atoms with van der Waals surface area (Å²) in [4.78, 5) is 21.2. The molecule has 6 heteroatoms. The van der Waals surface area contributed by atoms with Crippen LogP contribution in [0.25, 0.3) is 5.78 Å². The van der Waals surface area contributed by atoms with E-state index in [0.717, 1.165) is 0 Å². The van der Waals surface area contributed by atoms with E-state index in [4.69, 9.17) is 11.6 Å². The monoisotopic (exact) mass is 301 g/mol. The molecule has 0 bridgehead atoms. The molecule has 0 unspecified atom stereocenters. The standard InChI is InChI=1S/C15H12ClN3O2/c1-2-12-13(14(21)9-3-5-11(20)6-4-9)19-8-10(16)7-17-15(19)18-12/h3-8,20H,2H2,1H3. The first-order chi connectivity index (χ1) is 10.1. The van der Waals surface area contributed by atoms with Crippen LogP contribution in [0.5, 0.6) is 5.75 Å². The highest BCUT2D eigenvalue weighted by atomic mass is 35.5. The van der Waals surface area contributed by atoms with Crippen molar-refractivity contribution in [3.05, 3.63) is 58.6 Å². The maximum Gasteiger partial charge on any atom is 0.234 e. The predicted molar refractivity (Wildman–Crippen MR) is 78.9 cm³/mol. The first-order valence-corrected chi connectivity index (χ1v) is 6.84. The van der Waals surface area contributed by atoms with E-state index in [0.29, 0.717) is 34.2 Å². The lowest BCUT2D eigenvalue weighted by atomic mass is 10.1. The van der Waals surface area contributed by atoms with Crippen LogP contribution in [0.15, 0.2) is 36.7 Å². The second kappa shape index (κ2) is 5.18. The summed E-state index contributed by atoms with van der Waals surface area (Å²) in [5.41, 5.74) is 1.60. The topological polar surface area (TPSA) is 67.5 Å². The van der Waals surface area contributed by atoms with Crippen molar-refractivity contribution in [1.82, 2.24) is 14.4 Å². The molecule has 106 valence electrons. The van der Waals surface area contributed by atoms with Crippen LogP contribution in [0.4, 0.5) is 0 Å². The SMILES string of the molecule is CCc1nc2ncc(Cl)cn2c1C(=O)c1ccc(O)cc1. The summed E-state index contributed by atoms with van der Waals surface area (Å²) >= 11 is 5.96. The van der Waals surface area contributed by atoms with Gasteiger partial charge in [-0.05, 0) is 30.7 Å². The Labute approximate surface area is 125 Å². The van der Waals surface area contributed by atoms with Gasteiger partial charge in [-0.3, -0.25) is 9.20 Å². The number of benzene rings is 1. The molecule has 0 aliphatic rings. The van der Waals surface area contributed by atoms with Gasteiger partial charge in [-0.25, -0.2) is 9.97 Å². The van der Waals surface area contributed by atoms with E-state index in [-0.39, 0.29) is 11.5 Å². The van der Waals surface area contributed by atoms with Crippen molar-refractivity contribution >= 4 is 23.2 Å². The van der Waals surface area contributed by atoms with E-state index >= 15 is 0 Å². The minimum absolute atomic E-state index is 0.116. The Kier molecular flexibility index (Phi) is 3.35. The number of phenolic OH excluding ortho intramolecular Hbond substituents is 1. The highest BCUT2D eigenvalue weighted by molar-refractivity contribution is 6.30. The van der Waals surface area contributed by atoms with Gasteiger partial charge in [0.15, 0.2) is 0 Å². The van der Waals surface area contributed by atoms with Gasteiger partial charge in [-0.2, -0.15) is 0 Å². The normalized spacial score (nSPS) is 11.0. The third kappa shape index (κ3) is 2.36. The molecule has 5 nitrogen and oxygen atoms in total. The first kappa shape index (κ1) is 13.6. The van der Waals surface area contributed by atoms with E-state index in [1.165, 1.54) is 18.3 Å².